The first-order chi connectivity index (χ1) is 15.0. The molecule has 0 saturated heterocycles. The van der Waals surface area contributed by atoms with Crippen LogP contribution in [0, 0.1) is 34.5 Å². The quantitative estimate of drug-likeness (QED) is 0.397. The molecule has 2 aliphatic rings. The van der Waals surface area contributed by atoms with Crippen molar-refractivity contribution >= 4 is 11.6 Å². The van der Waals surface area contributed by atoms with Gasteiger partial charge in [0.05, 0.1) is 0 Å². The molecule has 5 unspecified atom stereocenters. The van der Waals surface area contributed by atoms with Crippen LogP contribution >= 0.6 is 0 Å². The molecule has 190 valence electrons. The van der Waals surface area contributed by atoms with Crippen molar-refractivity contribution in [3.63, 3.8) is 0 Å². The summed E-state index contributed by atoms with van der Waals surface area (Å²) in [7, 11) is 0. The van der Waals surface area contributed by atoms with Gasteiger partial charge in [-0.3, -0.25) is 9.59 Å². The molecule has 0 aromatic carbocycles. The Balaban J connectivity index is 0. The highest BCUT2D eigenvalue weighted by Crippen LogP contribution is 2.58. The zero-order valence-electron chi connectivity index (χ0n) is 23.4. The predicted molar refractivity (Wildman–Crippen MR) is 140 cm³/mol. The van der Waals surface area contributed by atoms with Crippen molar-refractivity contribution in [2.75, 3.05) is 6.61 Å². The number of aliphatic hydroxyl groups is 1. The average Bonchev–Trinajstić information content (AvgIpc) is 3.15. The first-order valence-corrected chi connectivity index (χ1v) is 13.4. The molecular formula is C29H56O3. The Bertz CT molecular complexity index is 549. The Morgan fingerprint density at radius 1 is 1.03 bits per heavy atom. The Morgan fingerprint density at radius 2 is 1.59 bits per heavy atom. The fourth-order valence-corrected chi connectivity index (χ4v) is 5.49. The standard InChI is InChI=1S/C14H24O2.C11H20O.2C2H6/c1-9-6-7-14(3)11(10(9)2)4-5-12(14)13(16)8-15;1-5-8-11(3,4)9-7-10(12)6-2;2*1-2/h9-12,15H,4-8H2,1-3H3;7,9H,5-6,8H2,1-4H3;2*1-2H3/b;9-7-;;. The van der Waals surface area contributed by atoms with Crippen LogP contribution in [0.4, 0.5) is 0 Å². The molecule has 0 heterocycles. The van der Waals surface area contributed by atoms with Crippen LogP contribution in [-0.4, -0.2) is 23.3 Å². The van der Waals surface area contributed by atoms with E-state index in [1.165, 1.54) is 19.3 Å². The first kappa shape index (κ1) is 33.2. The molecule has 5 atom stereocenters. The molecule has 2 saturated carbocycles. The van der Waals surface area contributed by atoms with Crippen molar-refractivity contribution in [3.05, 3.63) is 12.2 Å². The van der Waals surface area contributed by atoms with E-state index in [0.717, 1.165) is 31.1 Å². The molecule has 3 nitrogen and oxygen atoms in total. The number of Topliss-reactive ketones (excluding diaryl/α,β-unsaturated/α-hetero) is 1. The predicted octanol–water partition coefficient (Wildman–Crippen LogP) is 8.05. The van der Waals surface area contributed by atoms with Gasteiger partial charge in [-0.2, -0.15) is 0 Å². The Morgan fingerprint density at radius 3 is 2.06 bits per heavy atom. The van der Waals surface area contributed by atoms with Gasteiger partial charge >= 0.3 is 0 Å². The molecule has 0 radical (unpaired) electrons. The van der Waals surface area contributed by atoms with Gasteiger partial charge in [-0.25, -0.2) is 0 Å². The van der Waals surface area contributed by atoms with Gasteiger partial charge in [0.1, 0.15) is 6.61 Å². The summed E-state index contributed by atoms with van der Waals surface area (Å²) in [4.78, 5) is 22.8. The summed E-state index contributed by atoms with van der Waals surface area (Å²) >= 11 is 0. The second-order valence-electron chi connectivity index (χ2n) is 10.1. The van der Waals surface area contributed by atoms with Crippen LogP contribution in [0.3, 0.4) is 0 Å². The fraction of sp³-hybridized carbons (Fsp3) is 0.862. The summed E-state index contributed by atoms with van der Waals surface area (Å²) in [5, 5.41) is 9.07. The lowest BCUT2D eigenvalue weighted by molar-refractivity contribution is -0.131. The van der Waals surface area contributed by atoms with E-state index in [9.17, 15) is 9.59 Å². The minimum absolute atomic E-state index is 0.0757. The van der Waals surface area contributed by atoms with E-state index in [4.69, 9.17) is 5.11 Å². The summed E-state index contributed by atoms with van der Waals surface area (Å²) in [6.07, 6.45) is 11.2. The van der Waals surface area contributed by atoms with E-state index in [2.05, 4.69) is 41.5 Å². The van der Waals surface area contributed by atoms with Gasteiger partial charge in [-0.1, -0.05) is 88.7 Å². The van der Waals surface area contributed by atoms with Crippen LogP contribution in [0.1, 0.15) is 121 Å². The van der Waals surface area contributed by atoms with E-state index in [1.807, 2.05) is 40.7 Å². The molecular weight excluding hydrogens is 396 g/mol. The minimum atomic E-state index is -0.267. The highest BCUT2D eigenvalue weighted by atomic mass is 16.3. The number of hydrogen-bond acceptors (Lipinski definition) is 3. The third-order valence-corrected chi connectivity index (χ3v) is 7.59. The molecule has 0 spiro atoms. The fourth-order valence-electron chi connectivity index (χ4n) is 5.49. The van der Waals surface area contributed by atoms with E-state index < -0.39 is 0 Å². The Hall–Kier alpha value is -0.960. The summed E-state index contributed by atoms with van der Waals surface area (Å²) in [5.74, 6) is 2.64. The van der Waals surface area contributed by atoms with Crippen molar-refractivity contribution in [2.24, 2.45) is 34.5 Å². The number of ketones is 2. The Labute approximate surface area is 200 Å². The van der Waals surface area contributed by atoms with Crippen molar-refractivity contribution in [3.8, 4) is 0 Å². The number of fused-ring (bicyclic) bond motifs is 1. The number of aliphatic hydroxyl groups excluding tert-OH is 1. The zero-order valence-corrected chi connectivity index (χ0v) is 23.4. The van der Waals surface area contributed by atoms with Gasteiger partial charge < -0.3 is 5.11 Å². The third kappa shape index (κ3) is 9.89. The van der Waals surface area contributed by atoms with Gasteiger partial charge in [0.25, 0.3) is 0 Å². The average molecular weight is 453 g/mol. The largest absolute Gasteiger partial charge is 0.389 e. The van der Waals surface area contributed by atoms with E-state index >= 15 is 0 Å². The number of carbonyl (C=O) groups is 2. The number of hydrogen-bond donors (Lipinski definition) is 1. The highest BCUT2D eigenvalue weighted by molar-refractivity contribution is 5.89. The smallest absolute Gasteiger partial charge is 0.161 e. The van der Waals surface area contributed by atoms with Crippen molar-refractivity contribution in [2.45, 2.75) is 121 Å². The summed E-state index contributed by atoms with van der Waals surface area (Å²) in [6, 6.07) is 0. The van der Waals surface area contributed by atoms with E-state index in [-0.39, 0.29) is 34.9 Å². The van der Waals surface area contributed by atoms with Gasteiger partial charge in [0, 0.05) is 12.3 Å². The van der Waals surface area contributed by atoms with Gasteiger partial charge in [-0.05, 0) is 66.8 Å². The molecule has 2 fully saturated rings. The second kappa shape index (κ2) is 16.6. The molecule has 0 bridgehead atoms. The van der Waals surface area contributed by atoms with Gasteiger partial charge in [0.2, 0.25) is 0 Å². The van der Waals surface area contributed by atoms with Crippen molar-refractivity contribution in [1.82, 2.24) is 0 Å². The molecule has 2 rings (SSSR count). The summed E-state index contributed by atoms with van der Waals surface area (Å²) in [6.45, 7) is 23.1. The van der Waals surface area contributed by atoms with Crippen molar-refractivity contribution < 1.29 is 14.7 Å². The minimum Gasteiger partial charge on any atom is -0.389 e. The lowest BCUT2D eigenvalue weighted by atomic mass is 9.58. The van der Waals surface area contributed by atoms with Crippen molar-refractivity contribution in [1.29, 1.82) is 0 Å². The van der Waals surface area contributed by atoms with Gasteiger partial charge in [0.15, 0.2) is 11.6 Å². The van der Waals surface area contributed by atoms with Crippen LogP contribution in [0.15, 0.2) is 12.2 Å². The number of allylic oxidation sites excluding steroid dienone is 2. The molecule has 2 aliphatic carbocycles. The maximum Gasteiger partial charge on any atom is 0.161 e. The zero-order chi connectivity index (χ0) is 25.5. The maximum absolute atomic E-state index is 11.8. The first-order valence-electron chi connectivity index (χ1n) is 13.4. The second-order valence-corrected chi connectivity index (χ2v) is 10.1. The molecule has 1 N–H and O–H groups in total. The topological polar surface area (TPSA) is 54.4 Å². The van der Waals surface area contributed by atoms with E-state index in [1.54, 1.807) is 6.08 Å². The van der Waals surface area contributed by atoms with Crippen LogP contribution in [0.25, 0.3) is 0 Å². The summed E-state index contributed by atoms with van der Waals surface area (Å²) < 4.78 is 0. The van der Waals surface area contributed by atoms with Crippen LogP contribution < -0.4 is 0 Å². The monoisotopic (exact) mass is 452 g/mol. The molecule has 32 heavy (non-hydrogen) atoms. The number of rotatable bonds is 7. The third-order valence-electron chi connectivity index (χ3n) is 7.59. The molecule has 3 heteroatoms. The highest BCUT2D eigenvalue weighted by Gasteiger charge is 2.53. The Kier molecular flexibility index (Phi) is 17.3. The maximum atomic E-state index is 11.8. The van der Waals surface area contributed by atoms with Gasteiger partial charge in [-0.15, -0.1) is 0 Å². The van der Waals surface area contributed by atoms with Crippen LogP contribution in [-0.2, 0) is 9.59 Å². The molecule has 0 amide bonds. The SMILES string of the molecule is CC.CC.CC1CCC2(C)C(C(=O)CO)CCC2C1C.CCCC(C)(C)/C=C\C(=O)CC. The summed E-state index contributed by atoms with van der Waals surface area (Å²) in [5.41, 5.74) is 0.353. The van der Waals surface area contributed by atoms with Crippen LogP contribution in [0.5, 0.6) is 0 Å². The lowest BCUT2D eigenvalue weighted by Crippen LogP contribution is -2.42. The molecule has 0 aromatic heterocycles. The lowest BCUT2D eigenvalue weighted by Gasteiger charge is -2.46. The van der Waals surface area contributed by atoms with Crippen LogP contribution in [0.2, 0.25) is 0 Å². The normalized spacial score (nSPS) is 28.9. The molecule has 0 aliphatic heterocycles. The van der Waals surface area contributed by atoms with E-state index in [0.29, 0.717) is 12.3 Å². The number of carbonyl (C=O) groups excluding carboxylic acids is 2. The molecule has 0 aromatic rings.